The Hall–Kier alpha value is -1.62. The lowest BCUT2D eigenvalue weighted by atomic mass is 10.2. The summed E-state index contributed by atoms with van der Waals surface area (Å²) in [5.41, 5.74) is 5.89. The first-order chi connectivity index (χ1) is 7.09. The number of guanidine groups is 1. The van der Waals surface area contributed by atoms with Crippen LogP contribution in [0.4, 0.5) is 0 Å². The van der Waals surface area contributed by atoms with Gasteiger partial charge in [0, 0.05) is 10.5 Å². The molecule has 1 aromatic carbocycles. The zero-order valence-corrected chi connectivity index (χ0v) is 9.41. The van der Waals surface area contributed by atoms with Gasteiger partial charge in [0.05, 0.1) is 0 Å². The van der Waals surface area contributed by atoms with Crippen LogP contribution < -0.4 is 11.1 Å². The van der Waals surface area contributed by atoms with Gasteiger partial charge in [-0.2, -0.15) is 0 Å². The average Bonchev–Trinajstić information content (AvgIpc) is 2.15. The molecule has 0 aliphatic carbocycles. The molecule has 4 nitrogen and oxygen atoms in total. The number of halogens is 1. The molecular formula is C10H10BrN3O. The van der Waals surface area contributed by atoms with Gasteiger partial charge < -0.3 is 5.73 Å². The standard InChI is InChI=1S/C10H10BrN3O/c11-8-4-2-1-3-7(8)5-6-9(15)14-10(12)13/h1-6H,(H4,12,13,14,15)/b6-5+. The lowest BCUT2D eigenvalue weighted by Gasteiger charge is -1.98. The van der Waals surface area contributed by atoms with Gasteiger partial charge in [-0.25, -0.2) is 0 Å². The van der Waals surface area contributed by atoms with Crippen LogP contribution in [-0.4, -0.2) is 11.9 Å². The zero-order valence-electron chi connectivity index (χ0n) is 7.83. The van der Waals surface area contributed by atoms with Crippen molar-refractivity contribution in [3.05, 3.63) is 40.4 Å². The van der Waals surface area contributed by atoms with Crippen LogP contribution in [0.3, 0.4) is 0 Å². The van der Waals surface area contributed by atoms with E-state index in [-0.39, 0.29) is 5.96 Å². The second-order valence-electron chi connectivity index (χ2n) is 2.76. The van der Waals surface area contributed by atoms with E-state index >= 15 is 0 Å². The fourth-order valence-electron chi connectivity index (χ4n) is 0.950. The van der Waals surface area contributed by atoms with Gasteiger partial charge in [0.1, 0.15) is 0 Å². The number of carbonyl (C=O) groups excluding carboxylic acids is 1. The molecule has 0 saturated carbocycles. The number of amides is 1. The van der Waals surface area contributed by atoms with E-state index in [1.54, 1.807) is 6.08 Å². The van der Waals surface area contributed by atoms with Crippen molar-refractivity contribution in [1.82, 2.24) is 5.32 Å². The topological polar surface area (TPSA) is 79.0 Å². The maximum atomic E-state index is 11.1. The Balaban J connectivity index is 2.70. The van der Waals surface area contributed by atoms with Crippen LogP contribution in [0.5, 0.6) is 0 Å². The van der Waals surface area contributed by atoms with Crippen LogP contribution in [0, 0.1) is 5.41 Å². The number of nitrogens with two attached hydrogens (primary N) is 1. The summed E-state index contributed by atoms with van der Waals surface area (Å²) in [4.78, 5) is 11.1. The van der Waals surface area contributed by atoms with Crippen molar-refractivity contribution in [2.45, 2.75) is 0 Å². The summed E-state index contributed by atoms with van der Waals surface area (Å²) in [6.07, 6.45) is 2.96. The highest BCUT2D eigenvalue weighted by Crippen LogP contribution is 2.16. The normalized spacial score (nSPS) is 10.2. The lowest BCUT2D eigenvalue weighted by Crippen LogP contribution is -2.34. The first-order valence-corrected chi connectivity index (χ1v) is 4.96. The minimum Gasteiger partial charge on any atom is -0.370 e. The van der Waals surface area contributed by atoms with Gasteiger partial charge >= 0.3 is 0 Å². The molecule has 78 valence electrons. The van der Waals surface area contributed by atoms with Crippen LogP contribution in [0.1, 0.15) is 5.56 Å². The molecule has 0 aliphatic rings. The number of benzene rings is 1. The highest BCUT2D eigenvalue weighted by atomic mass is 79.9. The van der Waals surface area contributed by atoms with Crippen molar-refractivity contribution in [2.24, 2.45) is 5.73 Å². The Kier molecular flexibility index (Phi) is 4.05. The fourth-order valence-corrected chi connectivity index (χ4v) is 1.37. The number of rotatable bonds is 2. The molecule has 0 aromatic heterocycles. The Labute approximate surface area is 95.8 Å². The van der Waals surface area contributed by atoms with E-state index in [1.165, 1.54) is 6.08 Å². The predicted octanol–water partition coefficient (Wildman–Crippen LogP) is 1.47. The van der Waals surface area contributed by atoms with E-state index in [1.807, 2.05) is 24.3 Å². The first kappa shape index (κ1) is 11.5. The molecular weight excluding hydrogens is 258 g/mol. The summed E-state index contributed by atoms with van der Waals surface area (Å²) in [5, 5.41) is 9.01. The van der Waals surface area contributed by atoms with Crippen LogP contribution in [0.15, 0.2) is 34.8 Å². The van der Waals surface area contributed by atoms with E-state index in [2.05, 4.69) is 21.2 Å². The number of hydrogen-bond acceptors (Lipinski definition) is 2. The summed E-state index contributed by atoms with van der Waals surface area (Å²) in [6.45, 7) is 0. The summed E-state index contributed by atoms with van der Waals surface area (Å²) < 4.78 is 0.900. The van der Waals surface area contributed by atoms with Crippen LogP contribution in [0.25, 0.3) is 6.08 Å². The van der Waals surface area contributed by atoms with E-state index < -0.39 is 5.91 Å². The highest BCUT2D eigenvalue weighted by Gasteiger charge is 1.97. The number of nitrogens with one attached hydrogen (secondary N) is 2. The molecule has 0 unspecified atom stereocenters. The zero-order chi connectivity index (χ0) is 11.3. The second kappa shape index (κ2) is 5.31. The van der Waals surface area contributed by atoms with Crippen molar-refractivity contribution in [2.75, 3.05) is 0 Å². The van der Waals surface area contributed by atoms with Gasteiger partial charge in [0.2, 0.25) is 0 Å². The van der Waals surface area contributed by atoms with Crippen LogP contribution in [-0.2, 0) is 4.79 Å². The van der Waals surface area contributed by atoms with E-state index in [0.717, 1.165) is 10.0 Å². The molecule has 0 aliphatic heterocycles. The van der Waals surface area contributed by atoms with Crippen molar-refractivity contribution in [3.63, 3.8) is 0 Å². The minimum atomic E-state index is -0.418. The Bertz CT molecular complexity index is 415. The maximum Gasteiger partial charge on any atom is 0.250 e. The van der Waals surface area contributed by atoms with Gasteiger partial charge in [-0.05, 0) is 17.7 Å². The third kappa shape index (κ3) is 3.95. The van der Waals surface area contributed by atoms with E-state index in [4.69, 9.17) is 11.1 Å². The molecule has 0 bridgehead atoms. The van der Waals surface area contributed by atoms with Crippen LogP contribution >= 0.6 is 15.9 Å². The van der Waals surface area contributed by atoms with Crippen molar-refractivity contribution >= 4 is 33.9 Å². The molecule has 0 spiro atoms. The predicted molar refractivity (Wildman–Crippen MR) is 63.2 cm³/mol. The summed E-state index contributed by atoms with van der Waals surface area (Å²) in [6, 6.07) is 7.49. The van der Waals surface area contributed by atoms with Crippen LogP contribution in [0.2, 0.25) is 0 Å². The fraction of sp³-hybridized carbons (Fsp3) is 0. The van der Waals surface area contributed by atoms with Crippen molar-refractivity contribution in [3.8, 4) is 0 Å². The quantitative estimate of drug-likeness (QED) is 0.431. The second-order valence-corrected chi connectivity index (χ2v) is 3.61. The van der Waals surface area contributed by atoms with Gasteiger partial charge in [-0.1, -0.05) is 34.1 Å². The summed E-state index contributed by atoms with van der Waals surface area (Å²) in [7, 11) is 0. The number of carbonyl (C=O) groups is 1. The monoisotopic (exact) mass is 267 g/mol. The Morgan fingerprint density at radius 3 is 2.73 bits per heavy atom. The molecule has 15 heavy (non-hydrogen) atoms. The average molecular weight is 268 g/mol. The first-order valence-electron chi connectivity index (χ1n) is 4.17. The molecule has 0 fully saturated rings. The Morgan fingerprint density at radius 1 is 1.47 bits per heavy atom. The molecule has 1 amide bonds. The van der Waals surface area contributed by atoms with Gasteiger partial charge in [-0.15, -0.1) is 0 Å². The molecule has 0 atom stereocenters. The van der Waals surface area contributed by atoms with Gasteiger partial charge in [-0.3, -0.25) is 15.5 Å². The lowest BCUT2D eigenvalue weighted by molar-refractivity contribution is -0.115. The minimum absolute atomic E-state index is 0.364. The third-order valence-corrected chi connectivity index (χ3v) is 2.30. The SMILES string of the molecule is N=C(N)NC(=O)/C=C/c1ccccc1Br. The van der Waals surface area contributed by atoms with E-state index in [0.29, 0.717) is 0 Å². The molecule has 4 N–H and O–H groups in total. The summed E-state index contributed by atoms with van der Waals surface area (Å²) >= 11 is 3.35. The summed E-state index contributed by atoms with van der Waals surface area (Å²) in [5.74, 6) is -0.782. The molecule has 0 saturated heterocycles. The maximum absolute atomic E-state index is 11.1. The van der Waals surface area contributed by atoms with Crippen molar-refractivity contribution in [1.29, 1.82) is 5.41 Å². The molecule has 0 heterocycles. The molecule has 1 rings (SSSR count). The van der Waals surface area contributed by atoms with E-state index in [9.17, 15) is 4.79 Å². The smallest absolute Gasteiger partial charge is 0.250 e. The Morgan fingerprint density at radius 2 is 2.13 bits per heavy atom. The third-order valence-electron chi connectivity index (χ3n) is 1.58. The molecule has 0 radical (unpaired) electrons. The van der Waals surface area contributed by atoms with Crippen molar-refractivity contribution < 1.29 is 4.79 Å². The number of hydrogen-bond donors (Lipinski definition) is 3. The molecule has 5 heteroatoms. The van der Waals surface area contributed by atoms with Gasteiger partial charge in [0.25, 0.3) is 5.91 Å². The van der Waals surface area contributed by atoms with Gasteiger partial charge in [0.15, 0.2) is 5.96 Å². The largest absolute Gasteiger partial charge is 0.370 e. The molecule has 1 aromatic rings. The highest BCUT2D eigenvalue weighted by molar-refractivity contribution is 9.10.